The molecular formula is C12H14BrClN4O. The number of aromatic nitrogens is 3. The van der Waals surface area contributed by atoms with Crippen LogP contribution in [-0.4, -0.2) is 35.3 Å². The van der Waals surface area contributed by atoms with E-state index >= 15 is 0 Å². The molecule has 0 amide bonds. The summed E-state index contributed by atoms with van der Waals surface area (Å²) in [5.41, 5.74) is 1.73. The second-order valence-electron chi connectivity index (χ2n) is 3.90. The Bertz CT molecular complexity index is 546. The zero-order chi connectivity index (χ0) is 13.7. The maximum atomic E-state index is 6.05. The summed E-state index contributed by atoms with van der Waals surface area (Å²) < 4.78 is 7.46. The van der Waals surface area contributed by atoms with Gasteiger partial charge >= 0.3 is 0 Å². The van der Waals surface area contributed by atoms with Crippen molar-refractivity contribution in [1.82, 2.24) is 20.3 Å². The lowest BCUT2D eigenvalue weighted by atomic mass is 10.3. The molecule has 7 heteroatoms. The van der Waals surface area contributed by atoms with Crippen LogP contribution in [0.1, 0.15) is 5.69 Å². The standard InChI is InChI=1S/C12H14BrClN4O/c1-19-6-5-15-7-9-8-18(17-16-9)11-4-2-3-10(14)12(11)13/h2-4,8,15H,5-7H2,1H3. The van der Waals surface area contributed by atoms with E-state index in [1.54, 1.807) is 11.8 Å². The first kappa shape index (κ1) is 14.5. The molecule has 2 rings (SSSR count). The Hall–Kier alpha value is -0.950. The van der Waals surface area contributed by atoms with Gasteiger partial charge in [-0.2, -0.15) is 0 Å². The third-order valence-electron chi connectivity index (χ3n) is 2.51. The van der Waals surface area contributed by atoms with Crippen molar-refractivity contribution in [1.29, 1.82) is 0 Å². The van der Waals surface area contributed by atoms with Crippen molar-refractivity contribution in [3.8, 4) is 5.69 Å². The molecule has 0 aliphatic heterocycles. The quantitative estimate of drug-likeness (QED) is 0.817. The lowest BCUT2D eigenvalue weighted by Gasteiger charge is -2.04. The summed E-state index contributed by atoms with van der Waals surface area (Å²) in [5, 5.41) is 12.1. The molecule has 0 aliphatic rings. The zero-order valence-electron chi connectivity index (χ0n) is 10.4. The minimum Gasteiger partial charge on any atom is -0.383 e. The Morgan fingerprint density at radius 2 is 2.32 bits per heavy atom. The van der Waals surface area contributed by atoms with Crippen LogP contribution in [-0.2, 0) is 11.3 Å². The maximum absolute atomic E-state index is 6.05. The van der Waals surface area contributed by atoms with E-state index in [2.05, 4.69) is 31.6 Å². The SMILES string of the molecule is COCCNCc1cn(-c2cccc(Cl)c2Br)nn1. The highest BCUT2D eigenvalue weighted by atomic mass is 79.9. The Kier molecular flexibility index (Phi) is 5.33. The fraction of sp³-hybridized carbons (Fsp3) is 0.333. The third kappa shape index (κ3) is 3.76. The van der Waals surface area contributed by atoms with Crippen LogP contribution in [0.25, 0.3) is 5.69 Å². The summed E-state index contributed by atoms with van der Waals surface area (Å²) in [6.07, 6.45) is 1.87. The van der Waals surface area contributed by atoms with Crippen molar-refractivity contribution in [3.63, 3.8) is 0 Å². The normalized spacial score (nSPS) is 10.9. The Morgan fingerprint density at radius 3 is 3.11 bits per heavy atom. The molecule has 1 aromatic heterocycles. The van der Waals surface area contributed by atoms with Crippen LogP contribution in [0.3, 0.4) is 0 Å². The average Bonchev–Trinajstić information content (AvgIpc) is 2.87. The number of ether oxygens (including phenoxy) is 1. The summed E-state index contributed by atoms with van der Waals surface area (Å²) in [5.74, 6) is 0. The number of methoxy groups -OCH3 is 1. The van der Waals surface area contributed by atoms with Gasteiger partial charge in [-0.25, -0.2) is 4.68 Å². The Balaban J connectivity index is 2.06. The van der Waals surface area contributed by atoms with Crippen LogP contribution in [0.2, 0.25) is 5.02 Å². The van der Waals surface area contributed by atoms with Crippen LogP contribution in [0.4, 0.5) is 0 Å². The van der Waals surface area contributed by atoms with E-state index in [1.807, 2.05) is 24.4 Å². The van der Waals surface area contributed by atoms with E-state index in [4.69, 9.17) is 16.3 Å². The largest absolute Gasteiger partial charge is 0.383 e. The van der Waals surface area contributed by atoms with E-state index in [0.29, 0.717) is 18.2 Å². The van der Waals surface area contributed by atoms with Gasteiger partial charge in [-0.15, -0.1) is 5.10 Å². The van der Waals surface area contributed by atoms with E-state index in [0.717, 1.165) is 22.4 Å². The van der Waals surface area contributed by atoms with Gasteiger partial charge in [0.2, 0.25) is 0 Å². The molecule has 5 nitrogen and oxygen atoms in total. The monoisotopic (exact) mass is 344 g/mol. The zero-order valence-corrected chi connectivity index (χ0v) is 12.8. The van der Waals surface area contributed by atoms with Gasteiger partial charge in [0.05, 0.1) is 33.7 Å². The van der Waals surface area contributed by atoms with Crippen molar-refractivity contribution >= 4 is 27.5 Å². The molecule has 0 aliphatic carbocycles. The Labute approximate surface area is 125 Å². The number of hydrogen-bond donors (Lipinski definition) is 1. The first-order chi connectivity index (χ1) is 9.22. The lowest BCUT2D eigenvalue weighted by Crippen LogP contribution is -2.18. The maximum Gasteiger partial charge on any atom is 0.0969 e. The summed E-state index contributed by atoms with van der Waals surface area (Å²) >= 11 is 9.50. The molecular weight excluding hydrogens is 332 g/mol. The topological polar surface area (TPSA) is 52.0 Å². The number of rotatable bonds is 6. The molecule has 102 valence electrons. The molecule has 1 aromatic carbocycles. The molecule has 0 atom stereocenters. The second-order valence-corrected chi connectivity index (χ2v) is 5.10. The van der Waals surface area contributed by atoms with Gasteiger partial charge in [-0.1, -0.05) is 22.9 Å². The van der Waals surface area contributed by atoms with Gasteiger partial charge in [-0.3, -0.25) is 0 Å². The molecule has 0 unspecified atom stereocenters. The number of nitrogens with zero attached hydrogens (tertiary/aromatic N) is 3. The molecule has 1 heterocycles. The number of nitrogens with one attached hydrogen (secondary N) is 1. The summed E-state index contributed by atoms with van der Waals surface area (Å²) in [6, 6.07) is 5.62. The van der Waals surface area contributed by atoms with Crippen LogP contribution < -0.4 is 5.32 Å². The average molecular weight is 346 g/mol. The second kappa shape index (κ2) is 7.00. The number of hydrogen-bond acceptors (Lipinski definition) is 4. The highest BCUT2D eigenvalue weighted by Gasteiger charge is 2.08. The van der Waals surface area contributed by atoms with Crippen LogP contribution >= 0.6 is 27.5 Å². The van der Waals surface area contributed by atoms with E-state index in [-0.39, 0.29) is 0 Å². The molecule has 2 aromatic rings. The van der Waals surface area contributed by atoms with Gasteiger partial charge in [0.25, 0.3) is 0 Å². The van der Waals surface area contributed by atoms with E-state index < -0.39 is 0 Å². The summed E-state index contributed by atoms with van der Waals surface area (Å²) in [4.78, 5) is 0. The van der Waals surface area contributed by atoms with Crippen LogP contribution in [0.15, 0.2) is 28.9 Å². The fourth-order valence-electron chi connectivity index (χ4n) is 1.56. The molecule has 0 spiro atoms. The third-order valence-corrected chi connectivity index (χ3v) is 3.88. The van der Waals surface area contributed by atoms with Gasteiger partial charge in [-0.05, 0) is 28.1 Å². The first-order valence-corrected chi connectivity index (χ1v) is 6.94. The molecule has 1 N–H and O–H groups in total. The van der Waals surface area contributed by atoms with Gasteiger partial charge in [0, 0.05) is 20.2 Å². The number of benzene rings is 1. The highest BCUT2D eigenvalue weighted by molar-refractivity contribution is 9.10. The molecule has 0 bridgehead atoms. The van der Waals surface area contributed by atoms with E-state index in [1.165, 1.54) is 0 Å². The van der Waals surface area contributed by atoms with Crippen molar-refractivity contribution in [2.24, 2.45) is 0 Å². The first-order valence-electron chi connectivity index (χ1n) is 5.77. The summed E-state index contributed by atoms with van der Waals surface area (Å²) in [6.45, 7) is 2.11. The summed E-state index contributed by atoms with van der Waals surface area (Å²) in [7, 11) is 1.68. The molecule has 0 saturated heterocycles. The molecule has 19 heavy (non-hydrogen) atoms. The highest BCUT2D eigenvalue weighted by Crippen LogP contribution is 2.28. The van der Waals surface area contributed by atoms with Crippen molar-refractivity contribution < 1.29 is 4.74 Å². The van der Waals surface area contributed by atoms with Crippen LogP contribution in [0.5, 0.6) is 0 Å². The van der Waals surface area contributed by atoms with Gasteiger partial charge in [0.15, 0.2) is 0 Å². The van der Waals surface area contributed by atoms with Gasteiger partial charge in [0.1, 0.15) is 0 Å². The Morgan fingerprint density at radius 1 is 1.47 bits per heavy atom. The molecule has 0 radical (unpaired) electrons. The minimum atomic E-state index is 0.646. The predicted octanol–water partition coefficient (Wildman–Crippen LogP) is 2.42. The minimum absolute atomic E-state index is 0.646. The molecule has 0 fully saturated rings. The van der Waals surface area contributed by atoms with Crippen LogP contribution in [0, 0.1) is 0 Å². The van der Waals surface area contributed by atoms with Gasteiger partial charge < -0.3 is 10.1 Å². The van der Waals surface area contributed by atoms with Crippen molar-refractivity contribution in [3.05, 3.63) is 39.6 Å². The lowest BCUT2D eigenvalue weighted by molar-refractivity contribution is 0.199. The van der Waals surface area contributed by atoms with E-state index in [9.17, 15) is 0 Å². The van der Waals surface area contributed by atoms with Crippen molar-refractivity contribution in [2.75, 3.05) is 20.3 Å². The fourth-order valence-corrected chi connectivity index (χ4v) is 2.17. The smallest absolute Gasteiger partial charge is 0.0969 e. The van der Waals surface area contributed by atoms with Crippen molar-refractivity contribution in [2.45, 2.75) is 6.54 Å². The molecule has 0 saturated carbocycles. The predicted molar refractivity (Wildman–Crippen MR) is 77.7 cm³/mol. The number of halogens is 2.